The lowest BCUT2D eigenvalue weighted by Gasteiger charge is -2.35. The van der Waals surface area contributed by atoms with E-state index >= 15 is 0 Å². The number of aromatic nitrogens is 2. The van der Waals surface area contributed by atoms with Crippen molar-refractivity contribution in [2.75, 3.05) is 17.2 Å². The molecule has 1 aromatic heterocycles. The first-order valence-corrected chi connectivity index (χ1v) is 8.02. The topological polar surface area (TPSA) is 49.8 Å². The van der Waals surface area contributed by atoms with Crippen molar-refractivity contribution in [3.8, 4) is 0 Å². The highest BCUT2D eigenvalue weighted by molar-refractivity contribution is 5.48. The highest BCUT2D eigenvalue weighted by atomic mass is 15.1. The molecule has 2 rings (SSSR count). The number of hydrogen-bond donors (Lipinski definition) is 2. The number of rotatable bonds is 5. The SMILES string of the molecule is CCNc1cc(NC2CCCC(C)C2C)nc(CC)n1. The van der Waals surface area contributed by atoms with E-state index in [1.165, 1.54) is 19.3 Å². The zero-order valence-corrected chi connectivity index (χ0v) is 13.2. The Morgan fingerprint density at radius 1 is 1.15 bits per heavy atom. The molecule has 0 spiro atoms. The van der Waals surface area contributed by atoms with Crippen molar-refractivity contribution >= 4 is 11.6 Å². The molecular weight excluding hydrogens is 248 g/mol. The van der Waals surface area contributed by atoms with Crippen LogP contribution in [0.15, 0.2) is 6.07 Å². The lowest BCUT2D eigenvalue weighted by atomic mass is 9.78. The molecule has 3 atom stereocenters. The summed E-state index contributed by atoms with van der Waals surface area (Å²) in [5.41, 5.74) is 0. The molecule has 112 valence electrons. The highest BCUT2D eigenvalue weighted by Gasteiger charge is 2.27. The fourth-order valence-electron chi connectivity index (χ4n) is 2.98. The summed E-state index contributed by atoms with van der Waals surface area (Å²) in [6, 6.07) is 2.57. The van der Waals surface area contributed by atoms with E-state index in [4.69, 9.17) is 0 Å². The minimum Gasteiger partial charge on any atom is -0.370 e. The molecule has 4 heteroatoms. The van der Waals surface area contributed by atoms with Crippen molar-refractivity contribution in [2.24, 2.45) is 11.8 Å². The second-order valence-electron chi connectivity index (χ2n) is 5.96. The third kappa shape index (κ3) is 3.62. The molecule has 0 aliphatic heterocycles. The van der Waals surface area contributed by atoms with Gasteiger partial charge in [-0.3, -0.25) is 0 Å². The van der Waals surface area contributed by atoms with Crippen LogP contribution in [0.25, 0.3) is 0 Å². The fraction of sp³-hybridized carbons (Fsp3) is 0.750. The Kier molecular flexibility index (Phi) is 5.21. The van der Waals surface area contributed by atoms with Gasteiger partial charge in [0.05, 0.1) is 0 Å². The van der Waals surface area contributed by atoms with Gasteiger partial charge in [0.2, 0.25) is 0 Å². The average molecular weight is 276 g/mol. The molecule has 20 heavy (non-hydrogen) atoms. The van der Waals surface area contributed by atoms with Crippen molar-refractivity contribution < 1.29 is 0 Å². The van der Waals surface area contributed by atoms with Gasteiger partial charge >= 0.3 is 0 Å². The van der Waals surface area contributed by atoms with Gasteiger partial charge in [-0.1, -0.05) is 33.6 Å². The first kappa shape index (κ1) is 15.1. The van der Waals surface area contributed by atoms with E-state index in [0.29, 0.717) is 12.0 Å². The Morgan fingerprint density at radius 3 is 2.60 bits per heavy atom. The first-order chi connectivity index (χ1) is 9.63. The number of anilines is 2. The van der Waals surface area contributed by atoms with E-state index in [0.717, 1.165) is 36.3 Å². The van der Waals surface area contributed by atoms with Crippen molar-refractivity contribution in [3.63, 3.8) is 0 Å². The van der Waals surface area contributed by atoms with E-state index in [9.17, 15) is 0 Å². The zero-order valence-electron chi connectivity index (χ0n) is 13.2. The molecule has 1 aromatic rings. The number of nitrogens with zero attached hydrogens (tertiary/aromatic N) is 2. The molecule has 1 saturated carbocycles. The Balaban J connectivity index is 2.13. The minimum atomic E-state index is 0.535. The van der Waals surface area contributed by atoms with Gasteiger partial charge in [0, 0.05) is 25.1 Å². The molecule has 1 fully saturated rings. The average Bonchev–Trinajstić information content (AvgIpc) is 2.44. The normalized spacial score (nSPS) is 26.3. The van der Waals surface area contributed by atoms with Crippen LogP contribution in [0.2, 0.25) is 0 Å². The van der Waals surface area contributed by atoms with E-state index < -0.39 is 0 Å². The van der Waals surface area contributed by atoms with Crippen LogP contribution in [-0.2, 0) is 6.42 Å². The van der Waals surface area contributed by atoms with Gasteiger partial charge in [0.1, 0.15) is 17.5 Å². The van der Waals surface area contributed by atoms with Gasteiger partial charge in [0.25, 0.3) is 0 Å². The molecule has 4 nitrogen and oxygen atoms in total. The minimum absolute atomic E-state index is 0.535. The van der Waals surface area contributed by atoms with Crippen molar-refractivity contribution in [1.29, 1.82) is 0 Å². The maximum absolute atomic E-state index is 4.63. The van der Waals surface area contributed by atoms with Crippen LogP contribution >= 0.6 is 0 Å². The maximum atomic E-state index is 4.63. The van der Waals surface area contributed by atoms with Crippen LogP contribution in [0.4, 0.5) is 11.6 Å². The van der Waals surface area contributed by atoms with Crippen LogP contribution in [-0.4, -0.2) is 22.6 Å². The van der Waals surface area contributed by atoms with Gasteiger partial charge in [0.15, 0.2) is 0 Å². The van der Waals surface area contributed by atoms with Gasteiger partial charge in [-0.2, -0.15) is 0 Å². The predicted molar refractivity (Wildman–Crippen MR) is 85.2 cm³/mol. The van der Waals surface area contributed by atoms with Gasteiger partial charge in [-0.25, -0.2) is 9.97 Å². The number of hydrogen-bond acceptors (Lipinski definition) is 4. The van der Waals surface area contributed by atoms with E-state index in [-0.39, 0.29) is 0 Å². The van der Waals surface area contributed by atoms with E-state index in [2.05, 4.69) is 48.3 Å². The monoisotopic (exact) mass is 276 g/mol. The molecule has 1 heterocycles. The Morgan fingerprint density at radius 2 is 1.90 bits per heavy atom. The molecule has 2 N–H and O–H groups in total. The maximum Gasteiger partial charge on any atom is 0.132 e. The van der Waals surface area contributed by atoms with Gasteiger partial charge in [-0.15, -0.1) is 0 Å². The van der Waals surface area contributed by atoms with E-state index in [1.54, 1.807) is 0 Å². The van der Waals surface area contributed by atoms with Crippen LogP contribution in [0, 0.1) is 11.8 Å². The Labute approximate surface area is 122 Å². The van der Waals surface area contributed by atoms with E-state index in [1.807, 2.05) is 6.07 Å². The summed E-state index contributed by atoms with van der Waals surface area (Å²) in [6.07, 6.45) is 4.78. The van der Waals surface area contributed by atoms with Crippen LogP contribution in [0.1, 0.15) is 52.8 Å². The summed E-state index contributed by atoms with van der Waals surface area (Å²) in [7, 11) is 0. The largest absolute Gasteiger partial charge is 0.370 e. The zero-order chi connectivity index (χ0) is 14.5. The predicted octanol–water partition coefficient (Wildman–Crippen LogP) is 3.71. The standard InChI is InChI=1S/C16H28N4/c1-5-14-19-15(17-6-2)10-16(20-14)18-13-9-7-8-11(3)12(13)4/h10-13H,5-9H2,1-4H3,(H2,17,18,19,20). The molecular formula is C16H28N4. The highest BCUT2D eigenvalue weighted by Crippen LogP contribution is 2.31. The lowest BCUT2D eigenvalue weighted by Crippen LogP contribution is -2.35. The lowest BCUT2D eigenvalue weighted by molar-refractivity contribution is 0.253. The summed E-state index contributed by atoms with van der Waals surface area (Å²) < 4.78 is 0. The summed E-state index contributed by atoms with van der Waals surface area (Å²) in [5, 5.41) is 6.93. The Bertz CT molecular complexity index is 432. The van der Waals surface area contributed by atoms with Gasteiger partial charge < -0.3 is 10.6 Å². The molecule has 0 bridgehead atoms. The van der Waals surface area contributed by atoms with Crippen molar-refractivity contribution in [3.05, 3.63) is 11.9 Å². The third-order valence-electron chi connectivity index (χ3n) is 4.49. The van der Waals surface area contributed by atoms with Gasteiger partial charge in [-0.05, 0) is 25.2 Å². The molecule has 0 radical (unpaired) electrons. The van der Waals surface area contributed by atoms with Crippen LogP contribution in [0.3, 0.4) is 0 Å². The first-order valence-electron chi connectivity index (χ1n) is 8.02. The Hall–Kier alpha value is -1.32. The second kappa shape index (κ2) is 6.91. The second-order valence-corrected chi connectivity index (χ2v) is 5.96. The van der Waals surface area contributed by atoms with Crippen LogP contribution in [0.5, 0.6) is 0 Å². The molecule has 0 saturated heterocycles. The fourth-order valence-corrected chi connectivity index (χ4v) is 2.98. The molecule has 1 aliphatic carbocycles. The van der Waals surface area contributed by atoms with Crippen LogP contribution < -0.4 is 10.6 Å². The smallest absolute Gasteiger partial charge is 0.132 e. The molecule has 0 amide bonds. The molecule has 1 aliphatic rings. The third-order valence-corrected chi connectivity index (χ3v) is 4.49. The van der Waals surface area contributed by atoms with Crippen molar-refractivity contribution in [2.45, 2.75) is 59.4 Å². The quantitative estimate of drug-likeness (QED) is 0.861. The summed E-state index contributed by atoms with van der Waals surface area (Å²) >= 11 is 0. The summed E-state index contributed by atoms with van der Waals surface area (Å²) in [5.74, 6) is 4.30. The summed E-state index contributed by atoms with van der Waals surface area (Å²) in [4.78, 5) is 9.13. The number of aryl methyl sites for hydroxylation is 1. The summed E-state index contributed by atoms with van der Waals surface area (Å²) in [6.45, 7) is 9.79. The molecule has 3 unspecified atom stereocenters. The van der Waals surface area contributed by atoms with Crippen molar-refractivity contribution in [1.82, 2.24) is 9.97 Å². The molecule has 0 aromatic carbocycles. The number of nitrogens with one attached hydrogen (secondary N) is 2.